The fourth-order valence-corrected chi connectivity index (χ4v) is 7.97. The molecule has 1 aliphatic heterocycles. The molecular formula is C30H32N+. The third-order valence-electron chi connectivity index (χ3n) is 9.99. The highest BCUT2D eigenvalue weighted by molar-refractivity contribution is 6.13. The van der Waals surface area contributed by atoms with Crippen LogP contribution in [0.15, 0.2) is 48.5 Å². The van der Waals surface area contributed by atoms with Gasteiger partial charge < -0.3 is 0 Å². The standard InChI is InChI=1S/C30H32N/c1-5-29(3)26-23-10-8-7-9-18(23)15-20-12-14-22-17-24-19-11-13-21(16-19)27(24)31(28(22)25(20)26)30(29,4)6-2/h7-10,12,14-15,17,19,21H,5-6,11,13,16H2,1-4H3/q+1. The van der Waals surface area contributed by atoms with Crippen molar-refractivity contribution < 1.29 is 4.57 Å². The van der Waals surface area contributed by atoms with Gasteiger partial charge in [0.15, 0.2) is 11.2 Å². The van der Waals surface area contributed by atoms with Crippen molar-refractivity contribution >= 4 is 32.4 Å². The van der Waals surface area contributed by atoms with E-state index >= 15 is 0 Å². The predicted molar refractivity (Wildman–Crippen MR) is 130 cm³/mol. The van der Waals surface area contributed by atoms with Gasteiger partial charge in [-0.2, -0.15) is 4.57 Å². The van der Waals surface area contributed by atoms with Crippen LogP contribution in [-0.4, -0.2) is 0 Å². The Hall–Kier alpha value is -2.41. The van der Waals surface area contributed by atoms with Crippen molar-refractivity contribution in [3.8, 4) is 0 Å². The summed E-state index contributed by atoms with van der Waals surface area (Å²) in [7, 11) is 0. The molecular weight excluding hydrogens is 374 g/mol. The van der Waals surface area contributed by atoms with Gasteiger partial charge in [0, 0.05) is 30.2 Å². The van der Waals surface area contributed by atoms with Crippen LogP contribution in [0.2, 0.25) is 0 Å². The van der Waals surface area contributed by atoms with Crippen LogP contribution in [0.1, 0.15) is 88.5 Å². The first kappa shape index (κ1) is 18.2. The lowest BCUT2D eigenvalue weighted by atomic mass is 9.60. The fraction of sp³-hybridized carbons (Fsp3) is 0.433. The summed E-state index contributed by atoms with van der Waals surface area (Å²) in [5.41, 5.74) is 6.64. The lowest BCUT2D eigenvalue weighted by Gasteiger charge is -2.47. The molecule has 1 heteroatoms. The summed E-state index contributed by atoms with van der Waals surface area (Å²) in [5, 5.41) is 7.23. The molecule has 1 fully saturated rings. The normalized spacial score (nSPS) is 30.7. The van der Waals surface area contributed by atoms with Gasteiger partial charge in [-0.05, 0) is 78.4 Å². The summed E-state index contributed by atoms with van der Waals surface area (Å²) in [4.78, 5) is 0. The summed E-state index contributed by atoms with van der Waals surface area (Å²) in [5.74, 6) is 1.55. The first-order valence-corrected chi connectivity index (χ1v) is 12.4. The van der Waals surface area contributed by atoms with Crippen molar-refractivity contribution in [2.24, 2.45) is 0 Å². The third-order valence-corrected chi connectivity index (χ3v) is 9.99. The molecule has 7 rings (SSSR count). The number of hydrogen-bond acceptors (Lipinski definition) is 0. The zero-order valence-electron chi connectivity index (χ0n) is 19.3. The molecule has 4 aromatic rings. The Morgan fingerprint density at radius 1 is 0.871 bits per heavy atom. The van der Waals surface area contributed by atoms with E-state index in [1.54, 1.807) is 16.8 Å². The summed E-state index contributed by atoms with van der Waals surface area (Å²) >= 11 is 0. The number of aromatic nitrogens is 1. The van der Waals surface area contributed by atoms with E-state index < -0.39 is 0 Å². The second-order valence-corrected chi connectivity index (χ2v) is 10.9. The molecule has 4 unspecified atom stereocenters. The quantitative estimate of drug-likeness (QED) is 0.183. The zero-order chi connectivity index (χ0) is 21.1. The number of nitrogens with zero attached hydrogens (tertiary/aromatic N) is 1. The molecule has 0 spiro atoms. The van der Waals surface area contributed by atoms with E-state index in [4.69, 9.17) is 0 Å². The van der Waals surface area contributed by atoms with E-state index in [0.29, 0.717) is 0 Å². The molecule has 4 atom stereocenters. The van der Waals surface area contributed by atoms with Crippen molar-refractivity contribution in [3.63, 3.8) is 0 Å². The van der Waals surface area contributed by atoms with Crippen LogP contribution >= 0.6 is 0 Å². The third kappa shape index (κ3) is 1.90. The fourth-order valence-electron chi connectivity index (χ4n) is 7.97. The minimum atomic E-state index is 0.0707. The Bertz CT molecular complexity index is 1430. The maximum Gasteiger partial charge on any atom is 0.221 e. The van der Waals surface area contributed by atoms with E-state index in [1.807, 2.05) is 0 Å². The Morgan fingerprint density at radius 3 is 2.45 bits per heavy atom. The van der Waals surface area contributed by atoms with Crippen molar-refractivity contribution in [1.82, 2.24) is 0 Å². The van der Waals surface area contributed by atoms with Gasteiger partial charge in [0.25, 0.3) is 0 Å². The van der Waals surface area contributed by atoms with E-state index in [9.17, 15) is 0 Å². The van der Waals surface area contributed by atoms with Crippen LogP contribution in [-0.2, 0) is 11.0 Å². The summed E-state index contributed by atoms with van der Waals surface area (Å²) < 4.78 is 2.90. The molecule has 0 radical (unpaired) electrons. The molecule has 1 aromatic heterocycles. The highest BCUT2D eigenvalue weighted by Gasteiger charge is 2.59. The molecule has 0 saturated heterocycles. The van der Waals surface area contributed by atoms with Gasteiger partial charge in [-0.15, -0.1) is 0 Å². The Morgan fingerprint density at radius 2 is 1.65 bits per heavy atom. The van der Waals surface area contributed by atoms with Gasteiger partial charge in [-0.25, -0.2) is 0 Å². The van der Waals surface area contributed by atoms with Gasteiger partial charge in [0.1, 0.15) is 0 Å². The van der Waals surface area contributed by atoms with Crippen LogP contribution in [0.4, 0.5) is 0 Å². The maximum atomic E-state index is 2.90. The second kappa shape index (κ2) is 5.68. The Kier molecular flexibility index (Phi) is 3.33. The van der Waals surface area contributed by atoms with Gasteiger partial charge in [0.2, 0.25) is 5.52 Å². The highest BCUT2D eigenvalue weighted by atomic mass is 15.1. The molecule has 2 aliphatic carbocycles. The largest absolute Gasteiger partial charge is 0.221 e. The second-order valence-electron chi connectivity index (χ2n) is 10.9. The predicted octanol–water partition coefficient (Wildman–Crippen LogP) is 7.60. The lowest BCUT2D eigenvalue weighted by Crippen LogP contribution is -2.68. The van der Waals surface area contributed by atoms with Gasteiger partial charge in [-0.1, -0.05) is 44.2 Å². The first-order chi connectivity index (χ1) is 15.0. The molecule has 156 valence electrons. The van der Waals surface area contributed by atoms with Crippen LogP contribution in [0, 0.1) is 0 Å². The van der Waals surface area contributed by atoms with Crippen LogP contribution in [0.25, 0.3) is 32.4 Å². The summed E-state index contributed by atoms with van der Waals surface area (Å²) in [6.45, 7) is 9.99. The minimum absolute atomic E-state index is 0.0707. The number of fused-ring (bicyclic) bond motifs is 8. The van der Waals surface area contributed by atoms with Crippen molar-refractivity contribution in [1.29, 1.82) is 0 Å². The van der Waals surface area contributed by atoms with Crippen molar-refractivity contribution in [3.05, 3.63) is 65.4 Å². The number of pyridine rings is 1. The summed E-state index contributed by atoms with van der Waals surface area (Å²) in [6.07, 6.45) is 6.46. The topological polar surface area (TPSA) is 3.88 Å². The number of hydrogen-bond donors (Lipinski definition) is 0. The van der Waals surface area contributed by atoms with E-state index in [0.717, 1.165) is 24.7 Å². The van der Waals surface area contributed by atoms with Gasteiger partial charge in [0.05, 0.1) is 10.8 Å². The smallest absolute Gasteiger partial charge is 0.189 e. The van der Waals surface area contributed by atoms with E-state index in [1.165, 1.54) is 51.7 Å². The average molecular weight is 407 g/mol. The van der Waals surface area contributed by atoms with Crippen LogP contribution in [0.3, 0.4) is 0 Å². The van der Waals surface area contributed by atoms with Crippen LogP contribution in [0.5, 0.6) is 0 Å². The molecule has 1 saturated carbocycles. The summed E-state index contributed by atoms with van der Waals surface area (Å²) in [6, 6.07) is 18.9. The highest BCUT2D eigenvalue weighted by Crippen LogP contribution is 2.57. The molecule has 2 heterocycles. The maximum absolute atomic E-state index is 2.90. The molecule has 1 nitrogen and oxygen atoms in total. The Labute approximate surface area is 185 Å². The van der Waals surface area contributed by atoms with Crippen LogP contribution < -0.4 is 4.57 Å². The molecule has 0 amide bonds. The SMILES string of the molecule is CCC1(C)c2c3ccccc3cc3ccc4cc5c([n+](c4c23)C1(C)CC)C1CCC5C1. The van der Waals surface area contributed by atoms with Crippen molar-refractivity contribution in [2.75, 3.05) is 0 Å². The Balaban J connectivity index is 1.81. The van der Waals surface area contributed by atoms with E-state index in [2.05, 4.69) is 80.8 Å². The molecule has 31 heavy (non-hydrogen) atoms. The minimum Gasteiger partial charge on any atom is -0.189 e. The molecule has 3 aromatic carbocycles. The first-order valence-electron chi connectivity index (χ1n) is 12.4. The van der Waals surface area contributed by atoms with Gasteiger partial charge >= 0.3 is 0 Å². The number of benzene rings is 3. The molecule has 0 N–H and O–H groups in total. The zero-order valence-corrected chi connectivity index (χ0v) is 19.3. The van der Waals surface area contributed by atoms with E-state index in [-0.39, 0.29) is 11.0 Å². The number of rotatable bonds is 2. The monoisotopic (exact) mass is 406 g/mol. The molecule has 2 bridgehead atoms. The average Bonchev–Trinajstić information content (AvgIpc) is 3.42. The molecule has 3 aliphatic rings. The van der Waals surface area contributed by atoms with Crippen molar-refractivity contribution in [2.45, 2.75) is 82.6 Å². The lowest BCUT2D eigenvalue weighted by molar-refractivity contribution is -0.757. The van der Waals surface area contributed by atoms with Gasteiger partial charge in [-0.3, -0.25) is 0 Å².